The lowest BCUT2D eigenvalue weighted by molar-refractivity contribution is -0.0522. The van der Waals surface area contributed by atoms with Gasteiger partial charge in [0.2, 0.25) is 0 Å². The Morgan fingerprint density at radius 3 is 1.40 bits per heavy atom. The highest BCUT2D eigenvalue weighted by Crippen LogP contribution is 2.38. The van der Waals surface area contributed by atoms with Crippen molar-refractivity contribution >= 4 is 12.6 Å². The van der Waals surface area contributed by atoms with E-state index in [-0.39, 0.29) is 22.6 Å². The summed E-state index contributed by atoms with van der Waals surface area (Å²) in [6, 6.07) is 6.83. The standard InChI is InChI=1S/C16H10F4O5/c17-15(18)24-13-5-9(7-21)1-3-11(13)23-12-4-2-10(8-22)6-14(12)25-16(19)20/h1-8,15-16H. The van der Waals surface area contributed by atoms with Crippen LogP contribution < -0.4 is 14.2 Å². The zero-order valence-corrected chi connectivity index (χ0v) is 12.3. The lowest BCUT2D eigenvalue weighted by Gasteiger charge is -2.15. The number of hydrogen-bond donors (Lipinski definition) is 0. The van der Waals surface area contributed by atoms with Crippen LogP contribution in [-0.2, 0) is 0 Å². The molecule has 0 aromatic heterocycles. The molecule has 0 fully saturated rings. The molecule has 0 spiro atoms. The zero-order chi connectivity index (χ0) is 18.4. The van der Waals surface area contributed by atoms with Crippen LogP contribution >= 0.6 is 0 Å². The summed E-state index contributed by atoms with van der Waals surface area (Å²) in [5, 5.41) is 0. The van der Waals surface area contributed by atoms with Crippen LogP contribution in [0.1, 0.15) is 20.7 Å². The van der Waals surface area contributed by atoms with Gasteiger partial charge in [-0.1, -0.05) is 0 Å². The Morgan fingerprint density at radius 2 is 1.08 bits per heavy atom. The largest absolute Gasteiger partial charge is 0.450 e. The van der Waals surface area contributed by atoms with Crippen molar-refractivity contribution in [2.24, 2.45) is 0 Å². The second-order valence-corrected chi connectivity index (χ2v) is 4.51. The van der Waals surface area contributed by atoms with Crippen LogP contribution in [0.3, 0.4) is 0 Å². The normalized spacial score (nSPS) is 10.6. The van der Waals surface area contributed by atoms with Crippen molar-refractivity contribution < 1.29 is 41.4 Å². The SMILES string of the molecule is O=Cc1ccc(Oc2ccc(C=O)cc2OC(F)F)c(OC(F)F)c1. The Kier molecular flexibility index (Phi) is 5.93. The van der Waals surface area contributed by atoms with Gasteiger partial charge in [0.1, 0.15) is 12.6 Å². The minimum atomic E-state index is -3.20. The molecule has 9 heteroatoms. The van der Waals surface area contributed by atoms with Crippen LogP contribution in [0.25, 0.3) is 0 Å². The summed E-state index contributed by atoms with van der Waals surface area (Å²) in [4.78, 5) is 21.5. The Hall–Kier alpha value is -3.10. The molecule has 0 saturated heterocycles. The van der Waals surface area contributed by atoms with E-state index in [4.69, 9.17) is 4.74 Å². The van der Waals surface area contributed by atoms with Gasteiger partial charge in [-0.25, -0.2) is 0 Å². The van der Waals surface area contributed by atoms with E-state index >= 15 is 0 Å². The van der Waals surface area contributed by atoms with Crippen molar-refractivity contribution in [3.8, 4) is 23.0 Å². The molecule has 0 bridgehead atoms. The number of benzene rings is 2. The fourth-order valence-electron chi connectivity index (χ4n) is 1.86. The average Bonchev–Trinajstić information content (AvgIpc) is 2.56. The highest BCUT2D eigenvalue weighted by Gasteiger charge is 2.17. The Balaban J connectivity index is 2.41. The molecule has 5 nitrogen and oxygen atoms in total. The number of halogens is 4. The minimum absolute atomic E-state index is 0.0448. The monoisotopic (exact) mass is 358 g/mol. The summed E-state index contributed by atoms with van der Waals surface area (Å²) < 4.78 is 63.8. The molecule has 0 amide bonds. The molecular weight excluding hydrogens is 348 g/mol. The predicted octanol–water partition coefficient (Wildman–Crippen LogP) is 4.31. The van der Waals surface area contributed by atoms with Gasteiger partial charge < -0.3 is 14.2 Å². The van der Waals surface area contributed by atoms with Crippen molar-refractivity contribution in [1.29, 1.82) is 0 Å². The summed E-state index contributed by atoms with van der Waals surface area (Å²) in [6.45, 7) is -6.39. The summed E-state index contributed by atoms with van der Waals surface area (Å²) in [6.07, 6.45) is 0.818. The summed E-state index contributed by atoms with van der Waals surface area (Å²) >= 11 is 0. The lowest BCUT2D eigenvalue weighted by atomic mass is 10.2. The number of carbonyl (C=O) groups is 2. The maximum Gasteiger partial charge on any atom is 0.387 e. The molecule has 25 heavy (non-hydrogen) atoms. The van der Waals surface area contributed by atoms with Crippen molar-refractivity contribution in [2.45, 2.75) is 13.2 Å². The van der Waals surface area contributed by atoms with Gasteiger partial charge in [-0.05, 0) is 36.4 Å². The van der Waals surface area contributed by atoms with Crippen molar-refractivity contribution in [3.63, 3.8) is 0 Å². The zero-order valence-electron chi connectivity index (χ0n) is 12.3. The molecule has 132 valence electrons. The number of hydrogen-bond acceptors (Lipinski definition) is 5. The molecule has 2 aromatic rings. The van der Waals surface area contributed by atoms with Crippen LogP contribution in [-0.4, -0.2) is 25.8 Å². The Labute approximate surface area is 138 Å². The third-order valence-corrected chi connectivity index (χ3v) is 2.86. The highest BCUT2D eigenvalue weighted by molar-refractivity contribution is 5.77. The number of ether oxygens (including phenoxy) is 3. The first-order valence-corrected chi connectivity index (χ1v) is 6.69. The van der Waals surface area contributed by atoms with E-state index in [2.05, 4.69) is 9.47 Å². The molecule has 0 radical (unpaired) electrons. The number of aldehydes is 2. The second kappa shape index (κ2) is 8.13. The molecule has 0 N–H and O–H groups in total. The third-order valence-electron chi connectivity index (χ3n) is 2.86. The van der Waals surface area contributed by atoms with Crippen LogP contribution in [0.15, 0.2) is 36.4 Å². The van der Waals surface area contributed by atoms with E-state index in [0.717, 1.165) is 24.3 Å². The van der Waals surface area contributed by atoms with E-state index in [1.54, 1.807) is 0 Å². The van der Waals surface area contributed by atoms with Gasteiger partial charge in [0.25, 0.3) is 0 Å². The van der Waals surface area contributed by atoms with Gasteiger partial charge in [-0.2, -0.15) is 17.6 Å². The average molecular weight is 358 g/mol. The number of carbonyl (C=O) groups excluding carboxylic acids is 2. The van der Waals surface area contributed by atoms with Gasteiger partial charge in [-0.3, -0.25) is 9.59 Å². The summed E-state index contributed by atoms with van der Waals surface area (Å²) in [5.74, 6) is -1.46. The van der Waals surface area contributed by atoms with E-state index in [1.165, 1.54) is 12.1 Å². The molecule has 0 aliphatic rings. The van der Waals surface area contributed by atoms with E-state index in [9.17, 15) is 27.2 Å². The van der Waals surface area contributed by atoms with Crippen molar-refractivity contribution in [2.75, 3.05) is 0 Å². The van der Waals surface area contributed by atoms with E-state index < -0.39 is 24.7 Å². The highest BCUT2D eigenvalue weighted by atomic mass is 19.3. The Morgan fingerprint density at radius 1 is 0.680 bits per heavy atom. The van der Waals surface area contributed by atoms with Crippen LogP contribution in [0.5, 0.6) is 23.0 Å². The van der Waals surface area contributed by atoms with Gasteiger partial charge in [0.05, 0.1) is 0 Å². The smallest absolute Gasteiger partial charge is 0.387 e. The predicted molar refractivity (Wildman–Crippen MR) is 77.0 cm³/mol. The topological polar surface area (TPSA) is 61.8 Å². The van der Waals surface area contributed by atoms with Crippen molar-refractivity contribution in [3.05, 3.63) is 47.5 Å². The maximum absolute atomic E-state index is 12.5. The fraction of sp³-hybridized carbons (Fsp3) is 0.125. The molecule has 0 saturated carbocycles. The van der Waals surface area contributed by atoms with Crippen LogP contribution in [0, 0.1) is 0 Å². The van der Waals surface area contributed by atoms with Gasteiger partial charge in [0, 0.05) is 11.1 Å². The van der Waals surface area contributed by atoms with Gasteiger partial charge in [-0.15, -0.1) is 0 Å². The quantitative estimate of drug-likeness (QED) is 0.520. The summed E-state index contributed by atoms with van der Waals surface area (Å²) in [7, 11) is 0. The molecule has 0 atom stereocenters. The van der Waals surface area contributed by atoms with Gasteiger partial charge >= 0.3 is 13.2 Å². The molecule has 0 unspecified atom stereocenters. The number of alkyl halides is 4. The lowest BCUT2D eigenvalue weighted by Crippen LogP contribution is -2.06. The Bertz CT molecular complexity index is 701. The van der Waals surface area contributed by atoms with E-state index in [1.807, 2.05) is 0 Å². The maximum atomic E-state index is 12.5. The van der Waals surface area contributed by atoms with E-state index in [0.29, 0.717) is 12.6 Å². The first-order valence-electron chi connectivity index (χ1n) is 6.69. The minimum Gasteiger partial charge on any atom is -0.450 e. The second-order valence-electron chi connectivity index (χ2n) is 4.51. The molecule has 2 aromatic carbocycles. The number of rotatable bonds is 8. The summed E-state index contributed by atoms with van der Waals surface area (Å²) in [5.41, 5.74) is 0.0895. The fourth-order valence-corrected chi connectivity index (χ4v) is 1.86. The van der Waals surface area contributed by atoms with Crippen LogP contribution in [0.4, 0.5) is 17.6 Å². The first kappa shape index (κ1) is 18.2. The molecule has 0 heterocycles. The molecule has 2 rings (SSSR count). The molecule has 0 aliphatic carbocycles. The third kappa shape index (κ3) is 4.93. The van der Waals surface area contributed by atoms with Crippen molar-refractivity contribution in [1.82, 2.24) is 0 Å². The van der Waals surface area contributed by atoms with Crippen LogP contribution in [0.2, 0.25) is 0 Å². The first-order chi connectivity index (χ1) is 11.9. The van der Waals surface area contributed by atoms with Gasteiger partial charge in [0.15, 0.2) is 23.0 Å². The molecular formula is C16H10F4O5. The molecule has 0 aliphatic heterocycles.